The lowest BCUT2D eigenvalue weighted by atomic mass is 10.0. The zero-order valence-corrected chi connectivity index (χ0v) is 30.3. The van der Waals surface area contributed by atoms with Crippen molar-refractivity contribution in [1.29, 1.82) is 0 Å². The Kier molecular flexibility index (Phi) is 19.4. The van der Waals surface area contributed by atoms with E-state index in [2.05, 4.69) is 41.6 Å². The van der Waals surface area contributed by atoms with E-state index >= 15 is 0 Å². The van der Waals surface area contributed by atoms with E-state index in [1.165, 1.54) is 0 Å². The molecule has 51 heavy (non-hydrogen) atoms. The van der Waals surface area contributed by atoms with Crippen LogP contribution >= 0.6 is 0 Å². The maximum atomic E-state index is 13.3. The van der Waals surface area contributed by atoms with E-state index in [4.69, 9.17) is 18.9 Å². The molecule has 278 valence electrons. The topological polar surface area (TPSA) is 145 Å². The van der Waals surface area contributed by atoms with Gasteiger partial charge in [0.15, 0.2) is 0 Å². The summed E-state index contributed by atoms with van der Waals surface area (Å²) < 4.78 is 21.9. The Morgan fingerprint density at radius 1 is 0.647 bits per heavy atom. The van der Waals surface area contributed by atoms with E-state index in [9.17, 15) is 19.2 Å². The number of rotatable bonds is 24. The van der Waals surface area contributed by atoms with Crippen LogP contribution in [0.5, 0.6) is 0 Å². The van der Waals surface area contributed by atoms with Crippen molar-refractivity contribution in [2.24, 2.45) is 5.92 Å². The molecule has 3 rings (SSSR count). The van der Waals surface area contributed by atoms with Crippen molar-refractivity contribution in [2.45, 2.75) is 65.5 Å². The van der Waals surface area contributed by atoms with Crippen molar-refractivity contribution in [1.82, 2.24) is 16.0 Å². The predicted molar refractivity (Wildman–Crippen MR) is 195 cm³/mol. The molecule has 0 aromatic heterocycles. The molecule has 0 saturated heterocycles. The van der Waals surface area contributed by atoms with Gasteiger partial charge >= 0.3 is 0 Å². The summed E-state index contributed by atoms with van der Waals surface area (Å²) in [5.74, 6) is 6.38. The van der Waals surface area contributed by atoms with Crippen LogP contribution in [0.3, 0.4) is 0 Å². The molecule has 0 unspecified atom stereocenters. The predicted octanol–water partition coefficient (Wildman–Crippen LogP) is 3.34. The van der Waals surface area contributed by atoms with Crippen LogP contribution in [-0.2, 0) is 44.7 Å². The summed E-state index contributed by atoms with van der Waals surface area (Å²) >= 11 is 0. The molecule has 12 heteroatoms. The number of fused-ring (bicyclic) bond motifs is 2. The molecule has 0 bridgehead atoms. The monoisotopic (exact) mass is 706 g/mol. The second-order valence-electron chi connectivity index (χ2n) is 12.5. The number of para-hydroxylation sites is 1. The van der Waals surface area contributed by atoms with Crippen molar-refractivity contribution in [3.05, 3.63) is 65.2 Å². The third-order valence-corrected chi connectivity index (χ3v) is 8.19. The van der Waals surface area contributed by atoms with Crippen molar-refractivity contribution in [2.75, 3.05) is 70.8 Å². The summed E-state index contributed by atoms with van der Waals surface area (Å²) in [6.07, 6.45) is 1.51. The SMILES string of the molecule is CC(C)[C@@H](C)NC(=O)CCCC(=O)NCCOCCOCCOCCOCCC(=O)NCCC(=O)N1Cc2ccccc2C#Cc2ccccc21. The van der Waals surface area contributed by atoms with Crippen molar-refractivity contribution >= 4 is 29.3 Å². The number of carbonyl (C=O) groups excluding carboxylic acids is 4. The average Bonchev–Trinajstić information content (AvgIpc) is 3.10. The molecule has 0 fully saturated rings. The van der Waals surface area contributed by atoms with Crippen molar-refractivity contribution in [3.63, 3.8) is 0 Å². The van der Waals surface area contributed by atoms with E-state index in [1.807, 2.05) is 55.5 Å². The van der Waals surface area contributed by atoms with Crippen LogP contribution in [0.15, 0.2) is 48.5 Å². The summed E-state index contributed by atoms with van der Waals surface area (Å²) in [5, 5.41) is 8.53. The van der Waals surface area contributed by atoms with Gasteiger partial charge in [-0.15, -0.1) is 0 Å². The first-order valence-electron chi connectivity index (χ1n) is 17.9. The quantitative estimate of drug-likeness (QED) is 0.111. The molecule has 1 aliphatic heterocycles. The van der Waals surface area contributed by atoms with Gasteiger partial charge in [-0.25, -0.2) is 0 Å². The molecule has 0 aliphatic carbocycles. The van der Waals surface area contributed by atoms with Gasteiger partial charge in [0, 0.05) is 55.9 Å². The highest BCUT2D eigenvalue weighted by Crippen LogP contribution is 2.25. The molecule has 12 nitrogen and oxygen atoms in total. The third-order valence-electron chi connectivity index (χ3n) is 8.19. The van der Waals surface area contributed by atoms with E-state index in [0.29, 0.717) is 84.5 Å². The molecule has 1 aliphatic rings. The van der Waals surface area contributed by atoms with Crippen LogP contribution in [0.25, 0.3) is 0 Å². The second kappa shape index (κ2) is 24.0. The first kappa shape index (κ1) is 41.1. The van der Waals surface area contributed by atoms with Crippen molar-refractivity contribution in [3.8, 4) is 11.8 Å². The van der Waals surface area contributed by atoms with Gasteiger partial charge in [-0.05, 0) is 43.0 Å². The molecule has 0 spiro atoms. The molecule has 2 aromatic rings. The lowest BCUT2D eigenvalue weighted by molar-refractivity contribution is -0.124. The minimum atomic E-state index is -0.181. The number of benzene rings is 2. The molecule has 4 amide bonds. The highest BCUT2D eigenvalue weighted by Gasteiger charge is 2.21. The van der Waals surface area contributed by atoms with E-state index in [1.54, 1.807) is 4.90 Å². The molecule has 1 atom stereocenters. The van der Waals surface area contributed by atoms with Gasteiger partial charge in [0.1, 0.15) is 0 Å². The average molecular weight is 707 g/mol. The first-order chi connectivity index (χ1) is 24.7. The Morgan fingerprint density at radius 3 is 1.90 bits per heavy atom. The number of hydrogen-bond donors (Lipinski definition) is 3. The van der Waals surface area contributed by atoms with Gasteiger partial charge in [0.05, 0.1) is 65.1 Å². The summed E-state index contributed by atoms with van der Waals surface area (Å²) in [5.41, 5.74) is 3.44. The van der Waals surface area contributed by atoms with E-state index in [0.717, 1.165) is 22.4 Å². The highest BCUT2D eigenvalue weighted by atomic mass is 16.6. The van der Waals surface area contributed by atoms with Crippen LogP contribution < -0.4 is 20.9 Å². The molecule has 2 aromatic carbocycles. The molecule has 0 radical (unpaired) electrons. The first-order valence-corrected chi connectivity index (χ1v) is 17.9. The van der Waals surface area contributed by atoms with Crippen LogP contribution in [0.1, 0.15) is 69.6 Å². The van der Waals surface area contributed by atoms with Gasteiger partial charge < -0.3 is 39.8 Å². The van der Waals surface area contributed by atoms with Crippen LogP contribution in [0.4, 0.5) is 5.69 Å². The summed E-state index contributed by atoms with van der Waals surface area (Å²) in [4.78, 5) is 51.1. The van der Waals surface area contributed by atoms with Gasteiger partial charge in [-0.3, -0.25) is 19.2 Å². The number of nitrogens with one attached hydrogen (secondary N) is 3. The summed E-state index contributed by atoms with van der Waals surface area (Å²) in [6.45, 7) is 10.1. The Balaban J connectivity index is 1.11. The van der Waals surface area contributed by atoms with Crippen LogP contribution in [0, 0.1) is 17.8 Å². The standard InChI is InChI=1S/C39H54N4O8/c1-30(2)31(3)42-38(46)14-8-13-36(44)41-20-22-49-24-26-51-28-27-50-25-23-48-21-18-37(45)40-19-17-39(47)43-29-34-11-5-4-9-32(34)15-16-33-10-6-7-12-35(33)43/h4-7,9-12,30-31H,8,13-14,17-29H2,1-3H3,(H,40,45)(H,41,44)(H,42,46)/t31-/m1/s1. The largest absolute Gasteiger partial charge is 0.379 e. The van der Waals surface area contributed by atoms with Crippen LogP contribution in [0.2, 0.25) is 0 Å². The zero-order valence-electron chi connectivity index (χ0n) is 30.3. The lowest BCUT2D eigenvalue weighted by Gasteiger charge is -2.26. The summed E-state index contributed by atoms with van der Waals surface area (Å²) in [6, 6.07) is 15.5. The Hall–Kier alpha value is -4.28. The Bertz CT molecular complexity index is 1450. The number of nitrogens with zero attached hydrogens (tertiary/aromatic N) is 1. The molecular formula is C39H54N4O8. The van der Waals surface area contributed by atoms with E-state index < -0.39 is 0 Å². The smallest absolute Gasteiger partial charge is 0.229 e. The van der Waals surface area contributed by atoms with Gasteiger partial charge in [-0.2, -0.15) is 0 Å². The number of anilines is 1. The molecular weight excluding hydrogens is 652 g/mol. The Labute approximate surface area is 302 Å². The maximum Gasteiger partial charge on any atom is 0.229 e. The fourth-order valence-electron chi connectivity index (χ4n) is 4.92. The number of carbonyl (C=O) groups is 4. The molecule has 3 N–H and O–H groups in total. The lowest BCUT2D eigenvalue weighted by Crippen LogP contribution is -2.36. The fraction of sp³-hybridized carbons (Fsp3) is 0.538. The number of hydrogen-bond acceptors (Lipinski definition) is 8. The minimum absolute atomic E-state index is 0.0268. The maximum absolute atomic E-state index is 13.3. The van der Waals surface area contributed by atoms with Gasteiger partial charge in [0.25, 0.3) is 0 Å². The molecule has 0 saturated carbocycles. The second-order valence-corrected chi connectivity index (χ2v) is 12.5. The number of amides is 4. The Morgan fingerprint density at radius 2 is 1.20 bits per heavy atom. The minimum Gasteiger partial charge on any atom is -0.379 e. The van der Waals surface area contributed by atoms with Crippen LogP contribution in [-0.4, -0.2) is 95.6 Å². The van der Waals surface area contributed by atoms with Gasteiger partial charge in [-0.1, -0.05) is 56.0 Å². The summed E-state index contributed by atoms with van der Waals surface area (Å²) in [7, 11) is 0. The van der Waals surface area contributed by atoms with E-state index in [-0.39, 0.29) is 55.7 Å². The third kappa shape index (κ3) is 16.5. The van der Waals surface area contributed by atoms with Gasteiger partial charge in [0.2, 0.25) is 23.6 Å². The molecule has 1 heterocycles. The zero-order chi connectivity index (χ0) is 36.7. The fourth-order valence-corrected chi connectivity index (χ4v) is 4.92. The van der Waals surface area contributed by atoms with Crippen molar-refractivity contribution < 1.29 is 38.1 Å². The highest BCUT2D eigenvalue weighted by molar-refractivity contribution is 5.95. The normalized spacial score (nSPS) is 12.4. The number of ether oxygens (including phenoxy) is 4.